The molecule has 2 rings (SSSR count). The van der Waals surface area contributed by atoms with Gasteiger partial charge in [0.2, 0.25) is 5.75 Å². The summed E-state index contributed by atoms with van der Waals surface area (Å²) >= 11 is 0. The summed E-state index contributed by atoms with van der Waals surface area (Å²) in [6.07, 6.45) is 5.07. The molecule has 2 atom stereocenters. The minimum absolute atomic E-state index is 0.540. The normalized spacial score (nSPS) is 21.5. The first-order chi connectivity index (χ1) is 8.80. The molecule has 0 bridgehead atoms. The minimum Gasteiger partial charge on any atom is -0.490 e. The highest BCUT2D eigenvalue weighted by Crippen LogP contribution is 2.38. The lowest BCUT2D eigenvalue weighted by Gasteiger charge is -2.13. The molecule has 0 amide bonds. The van der Waals surface area contributed by atoms with Crippen LogP contribution in [0.1, 0.15) is 33.1 Å². The predicted octanol–water partition coefficient (Wildman–Crippen LogP) is 2.52. The Morgan fingerprint density at radius 1 is 1.33 bits per heavy atom. The third-order valence-corrected chi connectivity index (χ3v) is 3.32. The highest BCUT2D eigenvalue weighted by molar-refractivity contribution is 5.64. The Hall–Kier alpha value is -1.52. The molecule has 5 nitrogen and oxygen atoms in total. The first kappa shape index (κ1) is 12.9. The zero-order valence-electron chi connectivity index (χ0n) is 11.4. The molecule has 1 heterocycles. The van der Waals surface area contributed by atoms with Gasteiger partial charge in [-0.2, -0.15) is 0 Å². The lowest BCUT2D eigenvalue weighted by molar-refractivity contribution is 0.414. The van der Waals surface area contributed by atoms with Crippen molar-refractivity contribution < 1.29 is 4.74 Å². The second-order valence-electron chi connectivity index (χ2n) is 4.69. The molecule has 18 heavy (non-hydrogen) atoms. The maximum Gasteiger partial charge on any atom is 0.204 e. The van der Waals surface area contributed by atoms with E-state index >= 15 is 0 Å². The van der Waals surface area contributed by atoms with Crippen LogP contribution in [-0.4, -0.2) is 29.7 Å². The van der Waals surface area contributed by atoms with Crippen LogP contribution in [0.15, 0.2) is 6.33 Å². The molecule has 1 saturated carbocycles. The molecule has 1 fully saturated rings. The van der Waals surface area contributed by atoms with E-state index < -0.39 is 0 Å². The summed E-state index contributed by atoms with van der Waals surface area (Å²) < 4.78 is 5.42. The van der Waals surface area contributed by atoms with Crippen molar-refractivity contribution in [3.8, 4) is 5.75 Å². The standard InChI is InChI=1S/C13H22N4O/c1-4-6-14-12-11(18-3)13(16-8-15-12)17-10-7-9(10)5-2/h8-10H,4-7H2,1-3H3,(H2,14,15,16,17). The van der Waals surface area contributed by atoms with Crippen LogP contribution in [0.5, 0.6) is 5.75 Å². The zero-order valence-corrected chi connectivity index (χ0v) is 11.4. The monoisotopic (exact) mass is 250 g/mol. The van der Waals surface area contributed by atoms with E-state index in [0.29, 0.717) is 11.8 Å². The van der Waals surface area contributed by atoms with Crippen molar-refractivity contribution >= 4 is 11.6 Å². The van der Waals surface area contributed by atoms with Crippen LogP contribution in [0.2, 0.25) is 0 Å². The number of methoxy groups -OCH3 is 1. The maximum atomic E-state index is 5.42. The van der Waals surface area contributed by atoms with Gasteiger partial charge in [-0.05, 0) is 18.8 Å². The quantitative estimate of drug-likeness (QED) is 0.778. The number of hydrogen-bond donors (Lipinski definition) is 2. The summed E-state index contributed by atoms with van der Waals surface area (Å²) in [5.41, 5.74) is 0. The number of aromatic nitrogens is 2. The maximum absolute atomic E-state index is 5.42. The Labute approximate surface area is 108 Å². The van der Waals surface area contributed by atoms with Gasteiger partial charge in [0, 0.05) is 12.6 Å². The van der Waals surface area contributed by atoms with Gasteiger partial charge in [-0.1, -0.05) is 20.3 Å². The van der Waals surface area contributed by atoms with E-state index in [1.165, 1.54) is 12.8 Å². The van der Waals surface area contributed by atoms with Gasteiger partial charge in [-0.3, -0.25) is 0 Å². The molecule has 2 unspecified atom stereocenters. The van der Waals surface area contributed by atoms with E-state index in [1.54, 1.807) is 13.4 Å². The predicted molar refractivity (Wildman–Crippen MR) is 73.2 cm³/mol. The Balaban J connectivity index is 2.09. The highest BCUT2D eigenvalue weighted by atomic mass is 16.5. The molecule has 2 N–H and O–H groups in total. The average Bonchev–Trinajstić information content (AvgIpc) is 3.14. The zero-order chi connectivity index (χ0) is 13.0. The lowest BCUT2D eigenvalue weighted by Crippen LogP contribution is -2.11. The second-order valence-corrected chi connectivity index (χ2v) is 4.69. The molecular formula is C13H22N4O. The van der Waals surface area contributed by atoms with Gasteiger partial charge in [0.15, 0.2) is 11.6 Å². The van der Waals surface area contributed by atoms with Crippen molar-refractivity contribution in [1.82, 2.24) is 9.97 Å². The van der Waals surface area contributed by atoms with E-state index in [4.69, 9.17) is 4.74 Å². The van der Waals surface area contributed by atoms with Crippen molar-refractivity contribution in [1.29, 1.82) is 0 Å². The van der Waals surface area contributed by atoms with Gasteiger partial charge in [0.1, 0.15) is 6.33 Å². The number of nitrogens with zero attached hydrogens (tertiary/aromatic N) is 2. The molecule has 1 aromatic heterocycles. The van der Waals surface area contributed by atoms with Crippen LogP contribution < -0.4 is 15.4 Å². The first-order valence-corrected chi connectivity index (χ1v) is 6.69. The largest absolute Gasteiger partial charge is 0.490 e. The van der Waals surface area contributed by atoms with Crippen molar-refractivity contribution in [3.05, 3.63) is 6.33 Å². The molecule has 1 aliphatic rings. The van der Waals surface area contributed by atoms with Gasteiger partial charge >= 0.3 is 0 Å². The van der Waals surface area contributed by atoms with E-state index in [2.05, 4.69) is 34.4 Å². The average molecular weight is 250 g/mol. The molecule has 0 spiro atoms. The van der Waals surface area contributed by atoms with Gasteiger partial charge in [-0.15, -0.1) is 0 Å². The molecule has 5 heteroatoms. The highest BCUT2D eigenvalue weighted by Gasteiger charge is 2.36. The van der Waals surface area contributed by atoms with Crippen LogP contribution in [0.3, 0.4) is 0 Å². The molecule has 0 aliphatic heterocycles. The Kier molecular flexibility index (Phi) is 4.23. The van der Waals surface area contributed by atoms with Crippen molar-refractivity contribution in [2.75, 3.05) is 24.3 Å². The van der Waals surface area contributed by atoms with E-state index in [0.717, 1.165) is 30.5 Å². The Bertz CT molecular complexity index is 397. The molecule has 0 radical (unpaired) electrons. The number of nitrogens with one attached hydrogen (secondary N) is 2. The fraction of sp³-hybridized carbons (Fsp3) is 0.692. The second kappa shape index (κ2) is 5.89. The molecule has 0 aromatic carbocycles. The van der Waals surface area contributed by atoms with E-state index in [9.17, 15) is 0 Å². The van der Waals surface area contributed by atoms with Gasteiger partial charge in [0.25, 0.3) is 0 Å². The molecular weight excluding hydrogens is 228 g/mol. The fourth-order valence-corrected chi connectivity index (χ4v) is 2.09. The summed E-state index contributed by atoms with van der Waals surface area (Å²) in [5.74, 6) is 3.06. The molecule has 0 saturated heterocycles. The first-order valence-electron chi connectivity index (χ1n) is 6.69. The number of ether oxygens (including phenoxy) is 1. The fourth-order valence-electron chi connectivity index (χ4n) is 2.09. The summed E-state index contributed by atoms with van der Waals surface area (Å²) in [4.78, 5) is 8.51. The third-order valence-electron chi connectivity index (χ3n) is 3.32. The van der Waals surface area contributed by atoms with Crippen molar-refractivity contribution in [2.24, 2.45) is 5.92 Å². The van der Waals surface area contributed by atoms with Crippen LogP contribution in [0.4, 0.5) is 11.6 Å². The smallest absolute Gasteiger partial charge is 0.204 e. The SMILES string of the molecule is CCCNc1ncnc(NC2CC2CC)c1OC. The molecule has 1 aromatic rings. The number of anilines is 2. The van der Waals surface area contributed by atoms with Gasteiger partial charge in [-0.25, -0.2) is 9.97 Å². The summed E-state index contributed by atoms with van der Waals surface area (Å²) in [6.45, 7) is 5.22. The van der Waals surface area contributed by atoms with Crippen LogP contribution in [0, 0.1) is 5.92 Å². The molecule has 100 valence electrons. The van der Waals surface area contributed by atoms with Gasteiger partial charge < -0.3 is 15.4 Å². The summed E-state index contributed by atoms with van der Waals surface area (Å²) in [6, 6.07) is 0.540. The minimum atomic E-state index is 0.540. The van der Waals surface area contributed by atoms with E-state index in [1.807, 2.05) is 0 Å². The Morgan fingerprint density at radius 3 is 2.72 bits per heavy atom. The Morgan fingerprint density at radius 2 is 2.11 bits per heavy atom. The van der Waals surface area contributed by atoms with Crippen molar-refractivity contribution in [2.45, 2.75) is 39.2 Å². The van der Waals surface area contributed by atoms with Crippen LogP contribution >= 0.6 is 0 Å². The summed E-state index contributed by atoms with van der Waals surface area (Å²) in [7, 11) is 1.66. The number of rotatable bonds is 7. The topological polar surface area (TPSA) is 59.1 Å². The van der Waals surface area contributed by atoms with Crippen molar-refractivity contribution in [3.63, 3.8) is 0 Å². The number of hydrogen-bond acceptors (Lipinski definition) is 5. The lowest BCUT2D eigenvalue weighted by atomic mass is 10.3. The summed E-state index contributed by atoms with van der Waals surface area (Å²) in [5, 5.41) is 6.69. The van der Waals surface area contributed by atoms with Crippen LogP contribution in [-0.2, 0) is 0 Å². The third kappa shape index (κ3) is 2.83. The van der Waals surface area contributed by atoms with Gasteiger partial charge in [0.05, 0.1) is 7.11 Å². The van der Waals surface area contributed by atoms with Crippen LogP contribution in [0.25, 0.3) is 0 Å². The molecule has 1 aliphatic carbocycles. The van der Waals surface area contributed by atoms with E-state index in [-0.39, 0.29) is 0 Å².